The molecule has 0 heterocycles. The van der Waals surface area contributed by atoms with Crippen LogP contribution in [0, 0.1) is 12.7 Å². The van der Waals surface area contributed by atoms with Crippen molar-refractivity contribution < 1.29 is 17.6 Å². The first-order chi connectivity index (χ1) is 11.7. The number of nitrogens with zero attached hydrogens (tertiary/aromatic N) is 2. The SMILES string of the molecule is CCN(C)C=Nc1cc(F)cc(Cc2ccc(C(F)(F)F)cc2)c1C. The van der Waals surface area contributed by atoms with E-state index < -0.39 is 17.6 Å². The molecule has 0 spiro atoms. The summed E-state index contributed by atoms with van der Waals surface area (Å²) in [5.74, 6) is -0.418. The number of rotatable bonds is 5. The summed E-state index contributed by atoms with van der Waals surface area (Å²) in [5.41, 5.74) is 2.01. The van der Waals surface area contributed by atoms with Gasteiger partial charge in [0.1, 0.15) is 5.82 Å². The molecule has 2 aromatic rings. The Hall–Kier alpha value is -2.37. The van der Waals surface area contributed by atoms with E-state index in [0.717, 1.165) is 24.2 Å². The zero-order chi connectivity index (χ0) is 18.6. The Bertz CT molecular complexity index is 749. The average Bonchev–Trinajstić information content (AvgIpc) is 2.55. The van der Waals surface area contributed by atoms with Crippen molar-refractivity contribution in [2.75, 3.05) is 13.6 Å². The van der Waals surface area contributed by atoms with Crippen LogP contribution in [-0.2, 0) is 12.6 Å². The maximum Gasteiger partial charge on any atom is 0.416 e. The van der Waals surface area contributed by atoms with E-state index in [2.05, 4.69) is 4.99 Å². The molecule has 0 amide bonds. The lowest BCUT2D eigenvalue weighted by atomic mass is 9.98. The zero-order valence-electron chi connectivity index (χ0n) is 14.4. The number of hydrogen-bond acceptors (Lipinski definition) is 1. The van der Waals surface area contributed by atoms with Crippen LogP contribution in [-0.4, -0.2) is 24.8 Å². The van der Waals surface area contributed by atoms with Gasteiger partial charge < -0.3 is 4.90 Å². The fourth-order valence-corrected chi connectivity index (χ4v) is 2.31. The van der Waals surface area contributed by atoms with Crippen molar-refractivity contribution >= 4 is 12.0 Å². The summed E-state index contributed by atoms with van der Waals surface area (Å²) in [7, 11) is 1.86. The largest absolute Gasteiger partial charge is 0.416 e. The molecule has 0 N–H and O–H groups in total. The molecule has 0 aliphatic rings. The van der Waals surface area contributed by atoms with E-state index in [1.165, 1.54) is 24.3 Å². The van der Waals surface area contributed by atoms with E-state index in [1.807, 2.05) is 25.8 Å². The summed E-state index contributed by atoms with van der Waals surface area (Å²) in [4.78, 5) is 6.16. The summed E-state index contributed by atoms with van der Waals surface area (Å²) in [5, 5.41) is 0. The van der Waals surface area contributed by atoms with Crippen molar-refractivity contribution in [2.45, 2.75) is 26.4 Å². The van der Waals surface area contributed by atoms with Gasteiger partial charge in [-0.25, -0.2) is 9.38 Å². The highest BCUT2D eigenvalue weighted by atomic mass is 19.4. The van der Waals surface area contributed by atoms with E-state index >= 15 is 0 Å². The summed E-state index contributed by atoms with van der Waals surface area (Å²) < 4.78 is 51.8. The monoisotopic (exact) mass is 352 g/mol. The molecule has 134 valence electrons. The van der Waals surface area contributed by atoms with Crippen LogP contribution in [0.4, 0.5) is 23.2 Å². The fourth-order valence-electron chi connectivity index (χ4n) is 2.31. The van der Waals surface area contributed by atoms with E-state index in [0.29, 0.717) is 23.2 Å². The van der Waals surface area contributed by atoms with Gasteiger partial charge in [-0.1, -0.05) is 12.1 Å². The van der Waals surface area contributed by atoms with Crippen LogP contribution in [0.3, 0.4) is 0 Å². The number of halogens is 4. The first-order valence-electron chi connectivity index (χ1n) is 7.90. The molecular weight excluding hydrogens is 332 g/mol. The Morgan fingerprint density at radius 1 is 1.12 bits per heavy atom. The fraction of sp³-hybridized carbons (Fsp3) is 0.316. The van der Waals surface area contributed by atoms with Crippen LogP contribution < -0.4 is 0 Å². The molecule has 6 heteroatoms. The third-order valence-corrected chi connectivity index (χ3v) is 4.02. The molecule has 0 aliphatic heterocycles. The van der Waals surface area contributed by atoms with Gasteiger partial charge in [0.2, 0.25) is 0 Å². The normalized spacial score (nSPS) is 12.0. The molecule has 0 bridgehead atoms. The predicted octanol–water partition coefficient (Wildman–Crippen LogP) is 5.36. The second kappa shape index (κ2) is 7.68. The van der Waals surface area contributed by atoms with Crippen molar-refractivity contribution in [1.29, 1.82) is 0 Å². The van der Waals surface area contributed by atoms with E-state index in [9.17, 15) is 17.6 Å². The number of hydrogen-bond donors (Lipinski definition) is 0. The van der Waals surface area contributed by atoms with Gasteiger partial charge >= 0.3 is 6.18 Å². The molecule has 0 saturated carbocycles. The number of benzene rings is 2. The Morgan fingerprint density at radius 3 is 2.32 bits per heavy atom. The highest BCUT2D eigenvalue weighted by Gasteiger charge is 2.29. The van der Waals surface area contributed by atoms with Gasteiger partial charge in [0.15, 0.2) is 0 Å². The molecular formula is C19H20F4N2. The minimum atomic E-state index is -4.36. The lowest BCUT2D eigenvalue weighted by molar-refractivity contribution is -0.137. The number of alkyl halides is 3. The smallest absolute Gasteiger partial charge is 0.366 e. The average molecular weight is 352 g/mol. The maximum atomic E-state index is 13.9. The van der Waals surface area contributed by atoms with Crippen molar-refractivity contribution in [2.24, 2.45) is 4.99 Å². The molecule has 25 heavy (non-hydrogen) atoms. The lowest BCUT2D eigenvalue weighted by Crippen LogP contribution is -2.14. The molecule has 0 radical (unpaired) electrons. The van der Waals surface area contributed by atoms with Crippen LogP contribution >= 0.6 is 0 Å². The second-order valence-electron chi connectivity index (χ2n) is 5.90. The van der Waals surface area contributed by atoms with Crippen molar-refractivity contribution in [1.82, 2.24) is 4.90 Å². The van der Waals surface area contributed by atoms with Crippen molar-refractivity contribution in [3.8, 4) is 0 Å². The summed E-state index contributed by atoms with van der Waals surface area (Å²) in [6, 6.07) is 7.67. The van der Waals surface area contributed by atoms with E-state index in [1.54, 1.807) is 6.34 Å². The Morgan fingerprint density at radius 2 is 1.76 bits per heavy atom. The van der Waals surface area contributed by atoms with Gasteiger partial charge in [0.25, 0.3) is 0 Å². The number of aliphatic imine (C=N–C) groups is 1. The van der Waals surface area contributed by atoms with E-state index in [4.69, 9.17) is 0 Å². The van der Waals surface area contributed by atoms with Crippen LogP contribution in [0.15, 0.2) is 41.4 Å². The molecule has 0 aliphatic carbocycles. The van der Waals surface area contributed by atoms with Crippen LogP contribution in [0.1, 0.15) is 29.2 Å². The van der Waals surface area contributed by atoms with Gasteiger partial charge in [-0.05, 0) is 61.2 Å². The summed E-state index contributed by atoms with van der Waals surface area (Å²) in [6.45, 7) is 4.58. The lowest BCUT2D eigenvalue weighted by Gasteiger charge is -2.12. The predicted molar refractivity (Wildman–Crippen MR) is 91.8 cm³/mol. The standard InChI is InChI=1S/C19H20F4N2/c1-4-25(3)12-24-18-11-17(20)10-15(13(18)2)9-14-5-7-16(8-6-14)19(21,22)23/h5-8,10-12H,4,9H2,1-3H3. The third-order valence-electron chi connectivity index (χ3n) is 4.02. The highest BCUT2D eigenvalue weighted by Crippen LogP contribution is 2.30. The second-order valence-corrected chi connectivity index (χ2v) is 5.90. The molecule has 2 rings (SSSR count). The minimum absolute atomic E-state index is 0.341. The molecule has 0 unspecified atom stereocenters. The first-order valence-corrected chi connectivity index (χ1v) is 7.90. The van der Waals surface area contributed by atoms with Gasteiger partial charge in [0, 0.05) is 13.6 Å². The van der Waals surface area contributed by atoms with Crippen LogP contribution in [0.2, 0.25) is 0 Å². The van der Waals surface area contributed by atoms with Gasteiger partial charge in [-0.2, -0.15) is 13.2 Å². The molecule has 2 nitrogen and oxygen atoms in total. The summed E-state index contributed by atoms with van der Waals surface area (Å²) >= 11 is 0. The third kappa shape index (κ3) is 5.05. The van der Waals surface area contributed by atoms with Crippen molar-refractivity contribution in [3.63, 3.8) is 0 Å². The van der Waals surface area contributed by atoms with Crippen LogP contribution in [0.5, 0.6) is 0 Å². The topological polar surface area (TPSA) is 15.6 Å². The molecule has 2 aromatic carbocycles. The van der Waals surface area contributed by atoms with E-state index in [-0.39, 0.29) is 0 Å². The maximum absolute atomic E-state index is 13.9. The summed E-state index contributed by atoms with van der Waals surface area (Å²) in [6.07, 6.45) is -2.39. The molecule has 0 atom stereocenters. The Kier molecular flexibility index (Phi) is 5.82. The van der Waals surface area contributed by atoms with Gasteiger partial charge in [-0.3, -0.25) is 0 Å². The van der Waals surface area contributed by atoms with Crippen LogP contribution in [0.25, 0.3) is 0 Å². The van der Waals surface area contributed by atoms with Gasteiger partial charge in [0.05, 0.1) is 17.6 Å². The molecule has 0 fully saturated rings. The quantitative estimate of drug-likeness (QED) is 0.402. The highest BCUT2D eigenvalue weighted by molar-refractivity contribution is 5.64. The Balaban J connectivity index is 2.27. The molecule has 0 aromatic heterocycles. The minimum Gasteiger partial charge on any atom is -0.366 e. The first kappa shape index (κ1) is 19.0. The van der Waals surface area contributed by atoms with Gasteiger partial charge in [-0.15, -0.1) is 0 Å². The molecule has 0 saturated heterocycles. The zero-order valence-corrected chi connectivity index (χ0v) is 14.4. The Labute approximate surface area is 144 Å². The van der Waals surface area contributed by atoms with Crippen molar-refractivity contribution in [3.05, 3.63) is 64.5 Å².